The molecule has 0 fully saturated rings. The van der Waals surface area contributed by atoms with E-state index >= 15 is 0 Å². The monoisotopic (exact) mass is 380 g/mol. The van der Waals surface area contributed by atoms with Crippen molar-refractivity contribution in [2.24, 2.45) is 0 Å². The van der Waals surface area contributed by atoms with E-state index < -0.39 is 0 Å². The van der Waals surface area contributed by atoms with Crippen molar-refractivity contribution in [1.82, 2.24) is 9.78 Å². The van der Waals surface area contributed by atoms with Gasteiger partial charge in [-0.25, -0.2) is 8.78 Å². The molecule has 0 saturated carbocycles. The standard InChI is InChI=1S/C22H18F2N2O2/c1-27-19-10-11-21-20(12-19)22(28-14-16-4-8-18(24)9-5-16)25-26(21)13-15-2-6-17(23)7-3-15/h2-12H,13-14H2,1H3. The predicted octanol–water partition coefficient (Wildman–Crippen LogP) is 4.95. The van der Waals surface area contributed by atoms with Gasteiger partial charge >= 0.3 is 0 Å². The third-order valence-electron chi connectivity index (χ3n) is 4.46. The molecule has 1 heterocycles. The van der Waals surface area contributed by atoms with Crippen molar-refractivity contribution in [2.75, 3.05) is 7.11 Å². The Kier molecular flexibility index (Phi) is 4.93. The molecule has 0 radical (unpaired) electrons. The first-order chi connectivity index (χ1) is 13.6. The molecule has 142 valence electrons. The van der Waals surface area contributed by atoms with Crippen LogP contribution in [-0.2, 0) is 13.2 Å². The van der Waals surface area contributed by atoms with Gasteiger partial charge in [0.1, 0.15) is 24.0 Å². The van der Waals surface area contributed by atoms with Crippen LogP contribution >= 0.6 is 0 Å². The first-order valence-electron chi connectivity index (χ1n) is 8.78. The van der Waals surface area contributed by atoms with Crippen LogP contribution in [0.15, 0.2) is 66.7 Å². The lowest BCUT2D eigenvalue weighted by Crippen LogP contribution is -2.02. The summed E-state index contributed by atoms with van der Waals surface area (Å²) in [5.74, 6) is 0.588. The Hall–Kier alpha value is -3.41. The highest BCUT2D eigenvalue weighted by molar-refractivity contribution is 5.86. The van der Waals surface area contributed by atoms with Gasteiger partial charge < -0.3 is 9.47 Å². The fourth-order valence-corrected chi connectivity index (χ4v) is 2.98. The molecule has 6 heteroatoms. The second-order valence-electron chi connectivity index (χ2n) is 6.39. The molecule has 0 amide bonds. The average Bonchev–Trinajstić information content (AvgIpc) is 3.06. The minimum atomic E-state index is -0.289. The molecular formula is C22H18F2N2O2. The van der Waals surface area contributed by atoms with Crippen LogP contribution in [0.25, 0.3) is 10.9 Å². The quantitative estimate of drug-likeness (QED) is 0.475. The Morgan fingerprint density at radius 3 is 2.14 bits per heavy atom. The molecule has 4 nitrogen and oxygen atoms in total. The van der Waals surface area contributed by atoms with E-state index in [-0.39, 0.29) is 18.2 Å². The van der Waals surface area contributed by atoms with Crippen LogP contribution in [0.5, 0.6) is 11.6 Å². The molecule has 28 heavy (non-hydrogen) atoms. The molecule has 0 saturated heterocycles. The largest absolute Gasteiger partial charge is 0.497 e. The third-order valence-corrected chi connectivity index (χ3v) is 4.46. The molecule has 0 bridgehead atoms. The molecule has 0 N–H and O–H groups in total. The summed E-state index contributed by atoms with van der Waals surface area (Å²) in [5, 5.41) is 5.39. The first kappa shape index (κ1) is 18.0. The van der Waals surface area contributed by atoms with Gasteiger partial charge in [0, 0.05) is 0 Å². The molecule has 0 aliphatic heterocycles. The van der Waals surface area contributed by atoms with Crippen LogP contribution in [0.1, 0.15) is 11.1 Å². The smallest absolute Gasteiger partial charge is 0.241 e. The van der Waals surface area contributed by atoms with Gasteiger partial charge in [-0.1, -0.05) is 24.3 Å². The van der Waals surface area contributed by atoms with Gasteiger partial charge in [0.25, 0.3) is 0 Å². The lowest BCUT2D eigenvalue weighted by molar-refractivity contribution is 0.293. The maximum atomic E-state index is 13.2. The number of hydrogen-bond acceptors (Lipinski definition) is 3. The molecule has 0 spiro atoms. The average molecular weight is 380 g/mol. The highest BCUT2D eigenvalue weighted by Gasteiger charge is 2.14. The minimum absolute atomic E-state index is 0.264. The molecule has 0 aliphatic rings. The number of nitrogens with zero attached hydrogens (tertiary/aromatic N) is 2. The van der Waals surface area contributed by atoms with Gasteiger partial charge in [-0.05, 0) is 53.6 Å². The lowest BCUT2D eigenvalue weighted by atomic mass is 10.2. The number of aromatic nitrogens is 2. The summed E-state index contributed by atoms with van der Waals surface area (Å²) in [5.41, 5.74) is 2.64. The lowest BCUT2D eigenvalue weighted by Gasteiger charge is -2.04. The zero-order chi connectivity index (χ0) is 19.5. The number of hydrogen-bond donors (Lipinski definition) is 0. The van der Waals surface area contributed by atoms with Crippen molar-refractivity contribution in [1.29, 1.82) is 0 Å². The molecule has 4 aromatic rings. The zero-order valence-electron chi connectivity index (χ0n) is 15.2. The first-order valence-corrected chi connectivity index (χ1v) is 8.78. The fourth-order valence-electron chi connectivity index (χ4n) is 2.98. The second kappa shape index (κ2) is 7.68. The molecule has 0 atom stereocenters. The van der Waals surface area contributed by atoms with E-state index in [2.05, 4.69) is 5.10 Å². The number of benzene rings is 3. The Morgan fingerprint density at radius 2 is 1.50 bits per heavy atom. The van der Waals surface area contributed by atoms with E-state index in [9.17, 15) is 8.78 Å². The van der Waals surface area contributed by atoms with Crippen LogP contribution in [0, 0.1) is 11.6 Å². The van der Waals surface area contributed by atoms with Crippen LogP contribution < -0.4 is 9.47 Å². The molecular weight excluding hydrogens is 362 g/mol. The topological polar surface area (TPSA) is 36.3 Å². The SMILES string of the molecule is COc1ccc2c(c1)c(OCc1ccc(F)cc1)nn2Cc1ccc(F)cc1. The summed E-state index contributed by atoms with van der Waals surface area (Å²) >= 11 is 0. The highest BCUT2D eigenvalue weighted by Crippen LogP contribution is 2.30. The third kappa shape index (κ3) is 3.81. The zero-order valence-corrected chi connectivity index (χ0v) is 15.2. The van der Waals surface area contributed by atoms with Crippen molar-refractivity contribution < 1.29 is 18.3 Å². The van der Waals surface area contributed by atoms with Crippen molar-refractivity contribution in [3.63, 3.8) is 0 Å². The minimum Gasteiger partial charge on any atom is -0.497 e. The van der Waals surface area contributed by atoms with Crippen LogP contribution in [-0.4, -0.2) is 16.9 Å². The molecule has 3 aromatic carbocycles. The number of methoxy groups -OCH3 is 1. The molecule has 0 aliphatic carbocycles. The maximum absolute atomic E-state index is 13.2. The molecule has 4 rings (SSSR count). The normalized spacial score (nSPS) is 11.0. The van der Waals surface area contributed by atoms with E-state index in [1.54, 1.807) is 31.4 Å². The van der Waals surface area contributed by atoms with Crippen LogP contribution in [0.4, 0.5) is 8.78 Å². The van der Waals surface area contributed by atoms with Crippen molar-refractivity contribution in [3.05, 3.63) is 89.5 Å². The van der Waals surface area contributed by atoms with Gasteiger partial charge in [0.05, 0.1) is 24.6 Å². The fraction of sp³-hybridized carbons (Fsp3) is 0.136. The summed E-state index contributed by atoms with van der Waals surface area (Å²) in [6.07, 6.45) is 0. The summed E-state index contributed by atoms with van der Waals surface area (Å²) in [6.45, 7) is 0.739. The highest BCUT2D eigenvalue weighted by atomic mass is 19.1. The van der Waals surface area contributed by atoms with Gasteiger partial charge in [-0.3, -0.25) is 4.68 Å². The number of fused-ring (bicyclic) bond motifs is 1. The summed E-state index contributed by atoms with van der Waals surface area (Å²) in [4.78, 5) is 0. The second-order valence-corrected chi connectivity index (χ2v) is 6.39. The van der Waals surface area contributed by atoms with Crippen molar-refractivity contribution in [3.8, 4) is 11.6 Å². The maximum Gasteiger partial charge on any atom is 0.241 e. The summed E-state index contributed by atoms with van der Waals surface area (Å²) < 4.78 is 39.3. The number of halogens is 2. The van der Waals surface area contributed by atoms with E-state index in [1.807, 2.05) is 22.9 Å². The van der Waals surface area contributed by atoms with Crippen LogP contribution in [0.2, 0.25) is 0 Å². The molecule has 0 unspecified atom stereocenters. The Bertz CT molecular complexity index is 1090. The Balaban J connectivity index is 1.66. The van der Waals surface area contributed by atoms with E-state index in [0.717, 1.165) is 22.0 Å². The van der Waals surface area contributed by atoms with Gasteiger partial charge in [-0.15, -0.1) is 5.10 Å². The van der Waals surface area contributed by atoms with E-state index in [0.29, 0.717) is 18.2 Å². The van der Waals surface area contributed by atoms with Gasteiger partial charge in [0.2, 0.25) is 5.88 Å². The number of rotatable bonds is 6. The van der Waals surface area contributed by atoms with Crippen molar-refractivity contribution >= 4 is 10.9 Å². The Morgan fingerprint density at radius 1 is 0.857 bits per heavy atom. The van der Waals surface area contributed by atoms with Crippen LogP contribution in [0.3, 0.4) is 0 Å². The van der Waals surface area contributed by atoms with E-state index in [4.69, 9.17) is 9.47 Å². The van der Waals surface area contributed by atoms with Gasteiger partial charge in [0.15, 0.2) is 0 Å². The summed E-state index contributed by atoms with van der Waals surface area (Å²) in [7, 11) is 1.60. The summed E-state index contributed by atoms with van der Waals surface area (Å²) in [6, 6.07) is 18.1. The number of ether oxygens (including phenoxy) is 2. The Labute approximate surface area is 160 Å². The van der Waals surface area contributed by atoms with Crippen molar-refractivity contribution in [2.45, 2.75) is 13.2 Å². The van der Waals surface area contributed by atoms with E-state index in [1.165, 1.54) is 24.3 Å². The molecule has 1 aromatic heterocycles. The predicted molar refractivity (Wildman–Crippen MR) is 103 cm³/mol. The van der Waals surface area contributed by atoms with Gasteiger partial charge in [-0.2, -0.15) is 0 Å².